The smallest absolute Gasteiger partial charge is 0.271 e. The maximum Gasteiger partial charge on any atom is 0.271 e. The predicted octanol–water partition coefficient (Wildman–Crippen LogP) is 0.679. The lowest BCUT2D eigenvalue weighted by molar-refractivity contribution is 0.0946. The van der Waals surface area contributed by atoms with Crippen LogP contribution in [0.15, 0.2) is 23.7 Å². The molecule has 1 amide bonds. The topological polar surface area (TPSA) is 87.4 Å². The van der Waals surface area contributed by atoms with Crippen LogP contribution in [-0.4, -0.2) is 54.0 Å². The van der Waals surface area contributed by atoms with E-state index in [1.54, 1.807) is 5.38 Å². The summed E-state index contributed by atoms with van der Waals surface area (Å²) in [6, 6.07) is 4.02. The normalized spacial score (nSPS) is 15.5. The monoisotopic (exact) mass is 346 g/mol. The van der Waals surface area contributed by atoms with Gasteiger partial charge in [0.2, 0.25) is 0 Å². The van der Waals surface area contributed by atoms with Gasteiger partial charge in [0.05, 0.1) is 0 Å². The number of hydrogen-bond acceptors (Lipinski definition) is 7. The molecule has 2 aromatic heterocycles. The fourth-order valence-electron chi connectivity index (χ4n) is 2.53. The summed E-state index contributed by atoms with van der Waals surface area (Å²) in [5.74, 6) is 0.805. The number of pyridine rings is 1. The second kappa shape index (κ2) is 7.69. The highest BCUT2D eigenvalue weighted by molar-refractivity contribution is 7.09. The third kappa shape index (κ3) is 4.08. The molecule has 1 aliphatic heterocycles. The van der Waals surface area contributed by atoms with E-state index in [0.29, 0.717) is 18.8 Å². The molecule has 0 atom stereocenters. The number of nitrogens with zero attached hydrogens (tertiary/aromatic N) is 4. The minimum atomic E-state index is -0.186. The molecule has 24 heavy (non-hydrogen) atoms. The van der Waals surface area contributed by atoms with Crippen molar-refractivity contribution in [3.05, 3.63) is 40.0 Å². The Morgan fingerprint density at radius 1 is 1.33 bits per heavy atom. The highest BCUT2D eigenvalue weighted by atomic mass is 32.1. The molecule has 2 aromatic rings. The number of aromatic nitrogens is 2. The van der Waals surface area contributed by atoms with Crippen molar-refractivity contribution in [1.82, 2.24) is 20.2 Å². The van der Waals surface area contributed by atoms with Crippen molar-refractivity contribution >= 4 is 23.1 Å². The van der Waals surface area contributed by atoms with Crippen molar-refractivity contribution < 1.29 is 4.79 Å². The van der Waals surface area contributed by atoms with Crippen LogP contribution in [0.4, 0.5) is 5.82 Å². The Balaban J connectivity index is 1.53. The zero-order valence-electron chi connectivity index (χ0n) is 13.7. The zero-order valence-corrected chi connectivity index (χ0v) is 14.6. The molecule has 0 radical (unpaired) electrons. The van der Waals surface area contributed by atoms with E-state index in [4.69, 9.17) is 5.73 Å². The summed E-state index contributed by atoms with van der Waals surface area (Å²) >= 11 is 1.40. The molecule has 1 saturated heterocycles. The highest BCUT2D eigenvalue weighted by Crippen LogP contribution is 2.14. The quantitative estimate of drug-likeness (QED) is 0.828. The first-order chi connectivity index (χ1) is 11.7. The first kappa shape index (κ1) is 16.8. The lowest BCUT2D eigenvalue weighted by Gasteiger charge is -2.33. The van der Waals surface area contributed by atoms with Crippen molar-refractivity contribution in [3.8, 4) is 0 Å². The number of anilines is 1. The number of thiazole rings is 1. The maximum absolute atomic E-state index is 12.1. The van der Waals surface area contributed by atoms with Gasteiger partial charge in [-0.1, -0.05) is 6.07 Å². The van der Waals surface area contributed by atoms with Gasteiger partial charge in [0.25, 0.3) is 5.91 Å². The molecule has 3 rings (SSSR count). The van der Waals surface area contributed by atoms with Crippen LogP contribution in [0.1, 0.15) is 21.1 Å². The van der Waals surface area contributed by atoms with Gasteiger partial charge in [0.1, 0.15) is 16.5 Å². The number of rotatable bonds is 5. The second-order valence-electron chi connectivity index (χ2n) is 5.83. The molecule has 0 bridgehead atoms. The number of likely N-dealkylation sites (N-methyl/N-ethyl adjacent to an activating group) is 1. The third-order valence-corrected chi connectivity index (χ3v) is 4.92. The molecule has 0 spiro atoms. The van der Waals surface area contributed by atoms with Crippen molar-refractivity contribution in [2.45, 2.75) is 13.1 Å². The summed E-state index contributed by atoms with van der Waals surface area (Å²) in [7, 11) is 2.13. The summed E-state index contributed by atoms with van der Waals surface area (Å²) in [5.41, 5.74) is 6.90. The summed E-state index contributed by atoms with van der Waals surface area (Å²) in [5, 5.41) is 5.35. The Morgan fingerprint density at radius 3 is 2.75 bits per heavy atom. The molecular weight excluding hydrogens is 324 g/mol. The van der Waals surface area contributed by atoms with Gasteiger partial charge in [-0.2, -0.15) is 0 Å². The van der Waals surface area contributed by atoms with Crippen LogP contribution >= 0.6 is 11.3 Å². The van der Waals surface area contributed by atoms with E-state index < -0.39 is 0 Å². The number of nitrogens with one attached hydrogen (secondary N) is 1. The average molecular weight is 346 g/mol. The summed E-state index contributed by atoms with van der Waals surface area (Å²) in [6.07, 6.45) is 1.82. The molecule has 7 nitrogen and oxygen atoms in total. The zero-order chi connectivity index (χ0) is 16.9. The van der Waals surface area contributed by atoms with Crippen LogP contribution in [0.3, 0.4) is 0 Å². The van der Waals surface area contributed by atoms with Gasteiger partial charge in [-0.3, -0.25) is 4.79 Å². The lowest BCUT2D eigenvalue weighted by atomic mass is 10.2. The second-order valence-corrected chi connectivity index (χ2v) is 6.77. The molecule has 1 fully saturated rings. The van der Waals surface area contributed by atoms with Gasteiger partial charge >= 0.3 is 0 Å². The van der Waals surface area contributed by atoms with E-state index in [1.165, 1.54) is 11.3 Å². The molecule has 0 aromatic carbocycles. The van der Waals surface area contributed by atoms with Crippen molar-refractivity contribution in [2.75, 3.05) is 38.1 Å². The predicted molar refractivity (Wildman–Crippen MR) is 95.1 cm³/mol. The molecule has 0 unspecified atom stereocenters. The van der Waals surface area contributed by atoms with Gasteiger partial charge in [0.15, 0.2) is 0 Å². The average Bonchev–Trinajstić information content (AvgIpc) is 3.10. The lowest BCUT2D eigenvalue weighted by Crippen LogP contribution is -2.44. The van der Waals surface area contributed by atoms with Crippen molar-refractivity contribution in [3.63, 3.8) is 0 Å². The van der Waals surface area contributed by atoms with Crippen molar-refractivity contribution in [2.24, 2.45) is 5.73 Å². The van der Waals surface area contributed by atoms with Crippen molar-refractivity contribution in [1.29, 1.82) is 0 Å². The van der Waals surface area contributed by atoms with Gasteiger partial charge in [-0.05, 0) is 18.7 Å². The van der Waals surface area contributed by atoms with Crippen LogP contribution in [0.5, 0.6) is 0 Å². The number of carbonyl (C=O) groups excluding carboxylic acids is 1. The third-order valence-electron chi connectivity index (χ3n) is 4.05. The van der Waals surface area contributed by atoms with E-state index in [9.17, 15) is 4.79 Å². The van der Waals surface area contributed by atoms with Gasteiger partial charge in [-0.15, -0.1) is 11.3 Å². The molecule has 8 heteroatoms. The first-order valence-corrected chi connectivity index (χ1v) is 8.85. The van der Waals surface area contributed by atoms with E-state index in [0.717, 1.165) is 42.6 Å². The fourth-order valence-corrected chi connectivity index (χ4v) is 3.18. The molecule has 3 N–H and O–H groups in total. The largest absolute Gasteiger partial charge is 0.354 e. The van der Waals surface area contributed by atoms with Gasteiger partial charge < -0.3 is 20.9 Å². The molecule has 0 saturated carbocycles. The van der Waals surface area contributed by atoms with Gasteiger partial charge in [-0.25, -0.2) is 9.97 Å². The number of carbonyl (C=O) groups is 1. The SMILES string of the molecule is CN1CCN(c2ccc(CNC(=O)c3csc(CN)n3)cn2)CC1. The van der Waals surface area contributed by atoms with E-state index in [-0.39, 0.29) is 5.91 Å². The maximum atomic E-state index is 12.1. The number of nitrogens with two attached hydrogens (primary N) is 1. The molecule has 128 valence electrons. The number of amides is 1. The summed E-state index contributed by atoms with van der Waals surface area (Å²) in [4.78, 5) is 25.3. The van der Waals surface area contributed by atoms with Gasteiger partial charge in [0, 0.05) is 50.8 Å². The van der Waals surface area contributed by atoms with E-state index >= 15 is 0 Å². The molecule has 1 aliphatic rings. The summed E-state index contributed by atoms with van der Waals surface area (Å²) < 4.78 is 0. The van der Waals surface area contributed by atoms with Crippen LogP contribution in [0, 0.1) is 0 Å². The first-order valence-electron chi connectivity index (χ1n) is 7.97. The standard InChI is InChI=1S/C16H22N6OS/c1-21-4-6-22(7-5-21)14-3-2-12(9-18-14)10-19-16(23)13-11-24-15(8-17)20-13/h2-3,9,11H,4-8,10,17H2,1H3,(H,19,23). The Hall–Kier alpha value is -2.03. The highest BCUT2D eigenvalue weighted by Gasteiger charge is 2.15. The molecule has 0 aliphatic carbocycles. The van der Waals surface area contributed by atoms with E-state index in [2.05, 4.69) is 32.1 Å². The fraction of sp³-hybridized carbons (Fsp3) is 0.438. The molecular formula is C16H22N6OS. The van der Waals surface area contributed by atoms with Crippen LogP contribution in [-0.2, 0) is 13.1 Å². The Morgan fingerprint density at radius 2 is 2.12 bits per heavy atom. The van der Waals surface area contributed by atoms with Crippen LogP contribution < -0.4 is 16.0 Å². The number of piperazine rings is 1. The van der Waals surface area contributed by atoms with Crippen LogP contribution in [0.25, 0.3) is 0 Å². The van der Waals surface area contributed by atoms with E-state index in [1.807, 2.05) is 18.3 Å². The molecule has 3 heterocycles. The Kier molecular flexibility index (Phi) is 5.39. The minimum absolute atomic E-state index is 0.186. The minimum Gasteiger partial charge on any atom is -0.354 e. The summed E-state index contributed by atoms with van der Waals surface area (Å²) in [6.45, 7) is 4.88. The Labute approximate surface area is 145 Å². The Bertz CT molecular complexity index is 678. The van der Waals surface area contributed by atoms with Crippen LogP contribution in [0.2, 0.25) is 0 Å². The number of hydrogen-bond donors (Lipinski definition) is 2.